The fourth-order valence-electron chi connectivity index (χ4n) is 1.73. The second kappa shape index (κ2) is 3.31. The molecule has 0 unspecified atom stereocenters. The lowest BCUT2D eigenvalue weighted by Crippen LogP contribution is -2.11. The highest BCUT2D eigenvalue weighted by Crippen LogP contribution is 2.43. The molecule has 0 radical (unpaired) electrons. The van der Waals surface area contributed by atoms with Crippen LogP contribution in [-0.4, -0.2) is 9.67 Å². The van der Waals surface area contributed by atoms with Crippen molar-refractivity contribution in [2.24, 2.45) is 7.05 Å². The number of rotatable bonds is 0. The van der Waals surface area contributed by atoms with Crippen LogP contribution in [0, 0.1) is 0 Å². The fourth-order valence-corrected chi connectivity index (χ4v) is 2.16. The lowest BCUT2D eigenvalue weighted by Gasteiger charge is -2.08. The van der Waals surface area contributed by atoms with E-state index in [1.807, 2.05) is 0 Å². The Hall–Kier alpha value is -1.36. The second-order valence-electron chi connectivity index (χ2n) is 3.39. The predicted molar refractivity (Wildman–Crippen MR) is 54.6 cm³/mol. The summed E-state index contributed by atoms with van der Waals surface area (Å²) >= 11 is 5.65. The molecule has 1 heterocycles. The summed E-state index contributed by atoms with van der Waals surface area (Å²) in [6, 6.07) is 4.23. The molecular formula is C10H7ClF3NO. The minimum absolute atomic E-state index is 0.0268. The fraction of sp³-hybridized carbons (Fsp3) is 0.200. The van der Waals surface area contributed by atoms with Crippen molar-refractivity contribution in [2.75, 3.05) is 0 Å². The van der Waals surface area contributed by atoms with Crippen molar-refractivity contribution in [2.45, 2.75) is 6.18 Å². The molecule has 0 saturated heterocycles. The molecule has 1 aromatic carbocycles. The van der Waals surface area contributed by atoms with Crippen LogP contribution >= 0.6 is 11.6 Å². The minimum atomic E-state index is -4.54. The van der Waals surface area contributed by atoms with Gasteiger partial charge in [-0.3, -0.25) is 0 Å². The van der Waals surface area contributed by atoms with Crippen LogP contribution in [0.1, 0.15) is 5.69 Å². The molecule has 1 N–H and O–H groups in total. The molecule has 0 amide bonds. The first-order chi connectivity index (χ1) is 7.34. The normalized spacial score (nSPS) is 12.3. The van der Waals surface area contributed by atoms with Crippen LogP contribution in [0.3, 0.4) is 0 Å². The number of aromatic hydroxyl groups is 1. The molecule has 16 heavy (non-hydrogen) atoms. The topological polar surface area (TPSA) is 25.2 Å². The molecule has 0 fully saturated rings. The van der Waals surface area contributed by atoms with E-state index in [2.05, 4.69) is 0 Å². The lowest BCUT2D eigenvalue weighted by atomic mass is 10.2. The maximum Gasteiger partial charge on any atom is 0.432 e. The molecule has 0 saturated carbocycles. The molecule has 0 bridgehead atoms. The number of phenolic OH excluding ortho intramolecular Hbond substituents is 1. The Balaban J connectivity index is 2.94. The monoisotopic (exact) mass is 249 g/mol. The van der Waals surface area contributed by atoms with Gasteiger partial charge in [-0.05, 0) is 12.1 Å². The number of aromatic nitrogens is 1. The van der Waals surface area contributed by atoms with Crippen LogP contribution in [0.2, 0.25) is 5.02 Å². The summed E-state index contributed by atoms with van der Waals surface area (Å²) < 4.78 is 39.0. The van der Waals surface area contributed by atoms with Gasteiger partial charge in [0.1, 0.15) is 11.4 Å². The molecule has 0 aliphatic rings. The summed E-state index contributed by atoms with van der Waals surface area (Å²) in [6.07, 6.45) is -4.54. The second-order valence-corrected chi connectivity index (χ2v) is 3.77. The Morgan fingerprint density at radius 3 is 2.44 bits per heavy atom. The van der Waals surface area contributed by atoms with Crippen molar-refractivity contribution < 1.29 is 18.3 Å². The van der Waals surface area contributed by atoms with Crippen molar-refractivity contribution in [3.05, 3.63) is 28.9 Å². The maximum absolute atomic E-state index is 12.7. The third-order valence-electron chi connectivity index (χ3n) is 2.41. The number of fused-ring (bicyclic) bond motifs is 1. The van der Waals surface area contributed by atoms with Crippen molar-refractivity contribution in [1.29, 1.82) is 0 Å². The van der Waals surface area contributed by atoms with Gasteiger partial charge in [0, 0.05) is 7.05 Å². The summed E-state index contributed by atoms with van der Waals surface area (Å²) in [6.45, 7) is 0. The average molecular weight is 250 g/mol. The van der Waals surface area contributed by atoms with E-state index in [1.54, 1.807) is 0 Å². The summed E-state index contributed by atoms with van der Waals surface area (Å²) in [5.41, 5.74) is -0.706. The molecule has 0 atom stereocenters. The van der Waals surface area contributed by atoms with Gasteiger partial charge in [0.05, 0.1) is 15.9 Å². The van der Waals surface area contributed by atoms with E-state index in [1.165, 1.54) is 25.2 Å². The first-order valence-electron chi connectivity index (χ1n) is 4.37. The number of hydrogen-bond donors (Lipinski definition) is 1. The van der Waals surface area contributed by atoms with E-state index in [4.69, 9.17) is 11.6 Å². The highest BCUT2D eigenvalue weighted by atomic mass is 35.5. The van der Waals surface area contributed by atoms with Gasteiger partial charge in [-0.15, -0.1) is 0 Å². The first kappa shape index (κ1) is 11.1. The first-order valence-corrected chi connectivity index (χ1v) is 4.75. The molecule has 6 heteroatoms. The zero-order valence-corrected chi connectivity index (χ0v) is 8.89. The van der Waals surface area contributed by atoms with Gasteiger partial charge in [-0.25, -0.2) is 0 Å². The summed E-state index contributed by atoms with van der Waals surface area (Å²) in [5.74, 6) is -0.256. The molecule has 2 nitrogen and oxygen atoms in total. The average Bonchev–Trinajstić information content (AvgIpc) is 2.39. The minimum Gasteiger partial charge on any atom is -0.507 e. The predicted octanol–water partition coefficient (Wildman–Crippen LogP) is 3.56. The molecule has 0 aliphatic heterocycles. The van der Waals surface area contributed by atoms with E-state index in [0.29, 0.717) is 0 Å². The van der Waals surface area contributed by atoms with Gasteiger partial charge in [0.2, 0.25) is 0 Å². The Bertz CT molecular complexity index is 559. The molecule has 0 aliphatic carbocycles. The van der Waals surface area contributed by atoms with Crippen LogP contribution in [0.15, 0.2) is 18.2 Å². The van der Waals surface area contributed by atoms with Crippen LogP contribution < -0.4 is 0 Å². The Labute approximate surface area is 93.9 Å². The van der Waals surface area contributed by atoms with Crippen molar-refractivity contribution in [3.8, 4) is 5.75 Å². The molecular weight excluding hydrogens is 243 g/mol. The molecule has 2 aromatic rings. The molecule has 1 aromatic heterocycles. The van der Waals surface area contributed by atoms with Crippen LogP contribution in [-0.2, 0) is 13.2 Å². The summed E-state index contributed by atoms with van der Waals surface area (Å²) in [5, 5.41) is 9.05. The van der Waals surface area contributed by atoms with Crippen molar-refractivity contribution in [1.82, 2.24) is 4.57 Å². The Kier molecular flexibility index (Phi) is 2.31. The number of halogens is 4. The Morgan fingerprint density at radius 2 is 1.94 bits per heavy atom. The highest BCUT2D eigenvalue weighted by molar-refractivity contribution is 6.37. The third kappa shape index (κ3) is 1.43. The lowest BCUT2D eigenvalue weighted by molar-refractivity contribution is -0.142. The maximum atomic E-state index is 12.7. The van der Waals surface area contributed by atoms with Crippen molar-refractivity contribution >= 4 is 22.5 Å². The van der Waals surface area contributed by atoms with Crippen LogP contribution in [0.25, 0.3) is 10.9 Å². The number of hydrogen-bond acceptors (Lipinski definition) is 1. The van der Waals surface area contributed by atoms with Gasteiger partial charge in [-0.2, -0.15) is 13.2 Å². The van der Waals surface area contributed by atoms with E-state index in [9.17, 15) is 18.3 Å². The van der Waals surface area contributed by atoms with Crippen LogP contribution in [0.4, 0.5) is 13.2 Å². The van der Waals surface area contributed by atoms with Crippen molar-refractivity contribution in [3.63, 3.8) is 0 Å². The number of alkyl halides is 3. The number of phenols is 1. The molecule has 0 spiro atoms. The zero-order chi connectivity index (χ0) is 12.1. The third-order valence-corrected chi connectivity index (χ3v) is 2.78. The van der Waals surface area contributed by atoms with E-state index < -0.39 is 16.9 Å². The number of nitrogens with zero attached hydrogens (tertiary/aromatic N) is 1. The van der Waals surface area contributed by atoms with E-state index in [0.717, 1.165) is 4.57 Å². The molecule has 2 rings (SSSR count). The highest BCUT2D eigenvalue weighted by Gasteiger charge is 2.38. The van der Waals surface area contributed by atoms with Gasteiger partial charge in [-0.1, -0.05) is 17.7 Å². The van der Waals surface area contributed by atoms with Crippen LogP contribution in [0.5, 0.6) is 5.75 Å². The number of aryl methyl sites for hydroxylation is 1. The SMILES string of the molecule is Cn1c(C(F)(F)F)c(Cl)c2c(O)cccc21. The van der Waals surface area contributed by atoms with Gasteiger partial charge >= 0.3 is 6.18 Å². The number of benzene rings is 1. The Morgan fingerprint density at radius 1 is 1.31 bits per heavy atom. The smallest absolute Gasteiger partial charge is 0.432 e. The summed E-state index contributed by atoms with van der Waals surface area (Å²) in [4.78, 5) is 0. The quantitative estimate of drug-likeness (QED) is 0.759. The van der Waals surface area contributed by atoms with Gasteiger partial charge in [0.25, 0.3) is 0 Å². The van der Waals surface area contributed by atoms with E-state index >= 15 is 0 Å². The van der Waals surface area contributed by atoms with E-state index in [-0.39, 0.29) is 16.7 Å². The van der Waals surface area contributed by atoms with Gasteiger partial charge in [0.15, 0.2) is 0 Å². The zero-order valence-electron chi connectivity index (χ0n) is 8.14. The largest absolute Gasteiger partial charge is 0.507 e. The van der Waals surface area contributed by atoms with Gasteiger partial charge < -0.3 is 9.67 Å². The summed E-state index contributed by atoms with van der Waals surface area (Å²) in [7, 11) is 1.26. The standard InChI is InChI=1S/C10H7ClF3NO/c1-15-5-3-2-4-6(16)7(5)8(11)9(15)10(12,13)14/h2-4,16H,1H3. The molecule has 86 valence electrons.